The van der Waals surface area contributed by atoms with Crippen LogP contribution in [0.4, 0.5) is 0 Å². The summed E-state index contributed by atoms with van der Waals surface area (Å²) in [5, 5.41) is 3.44. The van der Waals surface area contributed by atoms with Gasteiger partial charge in [0.25, 0.3) is 0 Å². The zero-order chi connectivity index (χ0) is 14.3. The molecule has 2 heteroatoms. The zero-order valence-electron chi connectivity index (χ0n) is 12.2. The van der Waals surface area contributed by atoms with Gasteiger partial charge in [0.15, 0.2) is 0 Å². The van der Waals surface area contributed by atoms with Gasteiger partial charge in [-0.3, -0.25) is 4.99 Å². The topological polar surface area (TPSA) is 24.4 Å². The van der Waals surface area contributed by atoms with Gasteiger partial charge < -0.3 is 5.32 Å². The van der Waals surface area contributed by atoms with Crippen molar-refractivity contribution in [2.24, 2.45) is 4.99 Å². The van der Waals surface area contributed by atoms with E-state index in [2.05, 4.69) is 55.2 Å². The Kier molecular flexibility index (Phi) is 5.89. The van der Waals surface area contributed by atoms with Crippen molar-refractivity contribution in [3.05, 3.63) is 41.0 Å². The number of hydrogen-bond acceptors (Lipinski definition) is 2. The summed E-state index contributed by atoms with van der Waals surface area (Å²) in [4.78, 5) is 4.01. The van der Waals surface area contributed by atoms with Crippen molar-refractivity contribution in [3.63, 3.8) is 0 Å². The van der Waals surface area contributed by atoms with Crippen molar-refractivity contribution >= 4 is 11.9 Å². The Labute approximate surface area is 116 Å². The van der Waals surface area contributed by atoms with Crippen molar-refractivity contribution in [2.75, 3.05) is 7.05 Å². The Hall–Kier alpha value is -2.01. The summed E-state index contributed by atoms with van der Waals surface area (Å²) in [5.74, 6) is 2.71. The molecule has 1 rings (SSSR count). The summed E-state index contributed by atoms with van der Waals surface area (Å²) >= 11 is 0. The fraction of sp³-hybridized carbons (Fsp3) is 0.353. The molecule has 1 aromatic carbocycles. The minimum Gasteiger partial charge on any atom is -0.382 e. The zero-order valence-corrected chi connectivity index (χ0v) is 12.2. The lowest BCUT2D eigenvalue weighted by Crippen LogP contribution is -2.21. The van der Waals surface area contributed by atoms with Crippen LogP contribution in [0.3, 0.4) is 0 Å². The van der Waals surface area contributed by atoms with E-state index in [1.807, 2.05) is 6.08 Å². The Balaban J connectivity index is 3.16. The minimum absolute atomic E-state index is 0.369. The highest BCUT2D eigenvalue weighted by molar-refractivity contribution is 5.84. The van der Waals surface area contributed by atoms with Gasteiger partial charge in [-0.25, -0.2) is 0 Å². The molecular formula is C17H22N2. The lowest BCUT2D eigenvalue weighted by Gasteiger charge is -2.15. The van der Waals surface area contributed by atoms with Gasteiger partial charge in [-0.2, -0.15) is 0 Å². The molecule has 0 heterocycles. The molecule has 0 amide bonds. The van der Waals surface area contributed by atoms with E-state index < -0.39 is 0 Å². The number of rotatable bonds is 5. The first-order valence-electron chi connectivity index (χ1n) is 6.50. The Morgan fingerprint density at radius 3 is 2.79 bits per heavy atom. The molecule has 0 atom stereocenters. The largest absolute Gasteiger partial charge is 0.382 e. The normalized spacial score (nSPS) is 11.9. The number of aryl methyl sites for hydroxylation is 1. The molecule has 0 aliphatic heterocycles. The maximum atomic E-state index is 5.42. The van der Waals surface area contributed by atoms with Crippen LogP contribution in [0, 0.1) is 19.3 Å². The molecule has 100 valence electrons. The molecule has 0 saturated heterocycles. The molecule has 1 N–H and O–H groups in total. The number of nitrogens with zero attached hydrogens (tertiary/aromatic N) is 1. The standard InChI is InChI=1S/C17H22N2/c1-6-7-15-12-16(9-8-14(15)4)17(10-11-18-5)19-13(2)3/h1,8-13,19H,7H2,2-5H3. The van der Waals surface area contributed by atoms with Crippen LogP contribution in [0.25, 0.3) is 5.70 Å². The molecular weight excluding hydrogens is 232 g/mol. The Morgan fingerprint density at radius 2 is 2.21 bits per heavy atom. The molecule has 0 unspecified atom stereocenters. The summed E-state index contributed by atoms with van der Waals surface area (Å²) in [6.45, 7) is 6.32. The summed E-state index contributed by atoms with van der Waals surface area (Å²) in [5.41, 5.74) is 4.64. The van der Waals surface area contributed by atoms with E-state index in [0.29, 0.717) is 12.5 Å². The second-order valence-corrected chi connectivity index (χ2v) is 4.81. The third-order valence-corrected chi connectivity index (χ3v) is 2.79. The smallest absolute Gasteiger partial charge is 0.0431 e. The van der Waals surface area contributed by atoms with Gasteiger partial charge >= 0.3 is 0 Å². The fourth-order valence-corrected chi connectivity index (χ4v) is 1.83. The lowest BCUT2D eigenvalue weighted by molar-refractivity contribution is 0.717. The van der Waals surface area contributed by atoms with Crippen LogP contribution in [0.15, 0.2) is 29.3 Å². The van der Waals surface area contributed by atoms with E-state index in [0.717, 1.165) is 11.3 Å². The first-order valence-corrected chi connectivity index (χ1v) is 6.50. The number of allylic oxidation sites excluding steroid dienone is 1. The lowest BCUT2D eigenvalue weighted by atomic mass is 10.0. The monoisotopic (exact) mass is 254 g/mol. The highest BCUT2D eigenvalue weighted by Gasteiger charge is 2.05. The SMILES string of the molecule is C#CCc1cc(C(=CC=NC)NC(C)C)ccc1C. The van der Waals surface area contributed by atoms with Crippen LogP contribution in [0.1, 0.15) is 30.5 Å². The van der Waals surface area contributed by atoms with E-state index in [4.69, 9.17) is 6.42 Å². The van der Waals surface area contributed by atoms with Crippen molar-refractivity contribution in [1.29, 1.82) is 0 Å². The van der Waals surface area contributed by atoms with Gasteiger partial charge in [-0.15, -0.1) is 12.3 Å². The van der Waals surface area contributed by atoms with Crippen molar-refractivity contribution in [1.82, 2.24) is 5.32 Å². The predicted molar refractivity (Wildman–Crippen MR) is 84.4 cm³/mol. The second kappa shape index (κ2) is 7.43. The average molecular weight is 254 g/mol. The highest BCUT2D eigenvalue weighted by Crippen LogP contribution is 2.17. The molecule has 1 aromatic rings. The first kappa shape index (κ1) is 15.0. The van der Waals surface area contributed by atoms with Crippen molar-refractivity contribution in [2.45, 2.75) is 33.2 Å². The quantitative estimate of drug-likeness (QED) is 0.633. The van der Waals surface area contributed by atoms with Gasteiger partial charge in [0, 0.05) is 31.4 Å². The molecule has 0 spiro atoms. The predicted octanol–water partition coefficient (Wildman–Crippen LogP) is 3.21. The number of nitrogens with one attached hydrogen (secondary N) is 1. The molecule has 0 bridgehead atoms. The third kappa shape index (κ3) is 4.63. The summed E-state index contributed by atoms with van der Waals surface area (Å²) in [6.07, 6.45) is 9.87. The molecule has 0 fully saturated rings. The van der Waals surface area contributed by atoms with E-state index in [1.54, 1.807) is 13.3 Å². The average Bonchev–Trinajstić information content (AvgIpc) is 2.37. The summed E-state index contributed by atoms with van der Waals surface area (Å²) < 4.78 is 0. The minimum atomic E-state index is 0.369. The fourth-order valence-electron chi connectivity index (χ4n) is 1.83. The van der Waals surface area contributed by atoms with Crippen LogP contribution in [-0.2, 0) is 6.42 Å². The number of aliphatic imine (C=N–C) groups is 1. The molecule has 0 aromatic heterocycles. The molecule has 0 aliphatic carbocycles. The molecule has 0 radical (unpaired) electrons. The maximum Gasteiger partial charge on any atom is 0.0431 e. The Morgan fingerprint density at radius 1 is 1.47 bits per heavy atom. The Bertz CT molecular complexity index is 517. The third-order valence-electron chi connectivity index (χ3n) is 2.79. The van der Waals surface area contributed by atoms with E-state index in [9.17, 15) is 0 Å². The first-order chi connectivity index (χ1) is 9.08. The molecule has 0 saturated carbocycles. The van der Waals surface area contributed by atoms with Gasteiger partial charge in [0.05, 0.1) is 0 Å². The maximum absolute atomic E-state index is 5.42. The molecule has 2 nitrogen and oxygen atoms in total. The van der Waals surface area contributed by atoms with Crippen LogP contribution in [0.2, 0.25) is 0 Å². The summed E-state index contributed by atoms with van der Waals surface area (Å²) in [6, 6.07) is 6.75. The van der Waals surface area contributed by atoms with Crippen LogP contribution >= 0.6 is 0 Å². The van der Waals surface area contributed by atoms with Gasteiger partial charge in [-0.1, -0.05) is 12.1 Å². The number of terminal acetylenes is 1. The van der Waals surface area contributed by atoms with Crippen LogP contribution < -0.4 is 5.32 Å². The van der Waals surface area contributed by atoms with Crippen molar-refractivity contribution < 1.29 is 0 Å². The van der Waals surface area contributed by atoms with Gasteiger partial charge in [0.1, 0.15) is 0 Å². The van der Waals surface area contributed by atoms with Gasteiger partial charge in [-0.05, 0) is 49.6 Å². The van der Waals surface area contributed by atoms with E-state index >= 15 is 0 Å². The summed E-state index contributed by atoms with van der Waals surface area (Å²) in [7, 11) is 1.77. The second-order valence-electron chi connectivity index (χ2n) is 4.81. The van der Waals surface area contributed by atoms with Gasteiger partial charge in [0.2, 0.25) is 0 Å². The number of hydrogen-bond donors (Lipinski definition) is 1. The molecule has 19 heavy (non-hydrogen) atoms. The van der Waals surface area contributed by atoms with Crippen LogP contribution in [-0.4, -0.2) is 19.3 Å². The number of benzene rings is 1. The van der Waals surface area contributed by atoms with Crippen LogP contribution in [0.5, 0.6) is 0 Å². The van der Waals surface area contributed by atoms with E-state index in [-0.39, 0.29) is 0 Å². The molecule has 0 aliphatic rings. The van der Waals surface area contributed by atoms with E-state index in [1.165, 1.54) is 11.1 Å². The highest BCUT2D eigenvalue weighted by atomic mass is 14.9. The van der Waals surface area contributed by atoms with Crippen molar-refractivity contribution in [3.8, 4) is 12.3 Å².